The number of anilines is 1. The Morgan fingerprint density at radius 3 is 2.70 bits per heavy atom. The van der Waals surface area contributed by atoms with E-state index < -0.39 is 23.0 Å². The zero-order chi connectivity index (χ0) is 16.6. The van der Waals surface area contributed by atoms with Gasteiger partial charge in [0.1, 0.15) is 17.2 Å². The number of halogens is 3. The second kappa shape index (κ2) is 3.95. The van der Waals surface area contributed by atoms with E-state index in [1.807, 2.05) is 0 Å². The van der Waals surface area contributed by atoms with Crippen molar-refractivity contribution in [2.45, 2.75) is 19.5 Å². The number of aryl methyl sites for hydroxylation is 1. The van der Waals surface area contributed by atoms with Crippen molar-refractivity contribution in [2.75, 3.05) is 18.0 Å². The number of aromatic nitrogens is 3. The molecule has 0 amide bonds. The number of nitrogens with zero attached hydrogens (tertiary/aromatic N) is 4. The Kier molecular flexibility index (Phi) is 2.45. The first-order chi connectivity index (χ1) is 10.7. The summed E-state index contributed by atoms with van der Waals surface area (Å²) in [5, 5.41) is 13.4. The quantitative estimate of drug-likeness (QED) is 0.912. The fourth-order valence-corrected chi connectivity index (χ4v) is 3.91. The third-order valence-electron chi connectivity index (χ3n) is 5.26. The number of hydrogen-bond acceptors (Lipinski definition) is 4. The molecule has 6 nitrogen and oxygen atoms in total. The zero-order valence-corrected chi connectivity index (χ0v) is 12.1. The van der Waals surface area contributed by atoms with Gasteiger partial charge in [-0.15, -0.1) is 0 Å². The summed E-state index contributed by atoms with van der Waals surface area (Å²) in [5.74, 6) is -1.38. The highest BCUT2D eigenvalue weighted by atomic mass is 19.4. The maximum absolute atomic E-state index is 13.5. The highest BCUT2D eigenvalue weighted by Crippen LogP contribution is 2.75. The van der Waals surface area contributed by atoms with Crippen LogP contribution in [-0.4, -0.2) is 44.9 Å². The number of rotatable bonds is 2. The van der Waals surface area contributed by atoms with E-state index in [2.05, 4.69) is 10.1 Å². The molecule has 2 aromatic heterocycles. The summed E-state index contributed by atoms with van der Waals surface area (Å²) in [6.07, 6.45) is -3.52. The third kappa shape index (κ3) is 1.57. The second-order valence-electron chi connectivity index (χ2n) is 6.33. The average molecular weight is 326 g/mol. The number of alkyl halides is 3. The Morgan fingerprint density at radius 1 is 1.35 bits per heavy atom. The first kappa shape index (κ1) is 14.3. The summed E-state index contributed by atoms with van der Waals surface area (Å²) < 4.78 is 41.9. The van der Waals surface area contributed by atoms with Gasteiger partial charge in [-0.3, -0.25) is 4.79 Å². The third-order valence-corrected chi connectivity index (χ3v) is 5.26. The Hall–Kier alpha value is -2.32. The van der Waals surface area contributed by atoms with Crippen LogP contribution < -0.4 is 4.90 Å². The van der Waals surface area contributed by atoms with E-state index in [4.69, 9.17) is 0 Å². The lowest BCUT2D eigenvalue weighted by atomic mass is 9.96. The summed E-state index contributed by atoms with van der Waals surface area (Å²) in [7, 11) is 0. The van der Waals surface area contributed by atoms with E-state index in [-0.39, 0.29) is 19.5 Å². The van der Waals surface area contributed by atoms with Crippen molar-refractivity contribution in [3.8, 4) is 0 Å². The molecular weight excluding hydrogens is 313 g/mol. The van der Waals surface area contributed by atoms with Crippen molar-refractivity contribution in [2.24, 2.45) is 10.8 Å². The minimum atomic E-state index is -4.54. The van der Waals surface area contributed by atoms with Gasteiger partial charge in [-0.05, 0) is 25.5 Å². The number of hydrogen-bond donors (Lipinski definition) is 1. The molecule has 2 fully saturated rings. The van der Waals surface area contributed by atoms with E-state index in [0.29, 0.717) is 17.0 Å². The van der Waals surface area contributed by atoms with Crippen LogP contribution in [0.2, 0.25) is 0 Å². The molecular formula is C14H13F3N4O2. The van der Waals surface area contributed by atoms with Gasteiger partial charge in [0.25, 0.3) is 0 Å². The lowest BCUT2D eigenvalue weighted by Gasteiger charge is -2.25. The molecule has 0 radical (unpaired) electrons. The summed E-state index contributed by atoms with van der Waals surface area (Å²) in [6.45, 7) is 1.24. The molecule has 1 saturated carbocycles. The summed E-state index contributed by atoms with van der Waals surface area (Å²) >= 11 is 0. The van der Waals surface area contributed by atoms with Crippen LogP contribution in [0.3, 0.4) is 0 Å². The number of carboxylic acid groups (broad SMARTS) is 1. The molecule has 0 bridgehead atoms. The lowest BCUT2D eigenvalue weighted by Crippen LogP contribution is -2.34. The number of carboxylic acids is 1. The standard InChI is InChI=1S/C14H13F3N4O2/c1-8-9(2-3-10-18-7-19-21(8)10)20-5-12(11(22)23)4-13(12,6-20)14(15,16)17/h2-3,7H,4-6H2,1H3,(H,22,23). The van der Waals surface area contributed by atoms with Gasteiger partial charge in [0.15, 0.2) is 5.65 Å². The predicted octanol–water partition coefficient (Wildman–Crippen LogP) is 1.88. The van der Waals surface area contributed by atoms with Gasteiger partial charge in [0.2, 0.25) is 0 Å². The number of pyridine rings is 1. The molecule has 9 heteroatoms. The Balaban J connectivity index is 1.77. The molecule has 2 atom stereocenters. The smallest absolute Gasteiger partial charge is 0.397 e. The molecule has 2 aliphatic rings. The molecule has 4 rings (SSSR count). The van der Waals surface area contributed by atoms with Gasteiger partial charge in [0.05, 0.1) is 11.4 Å². The van der Waals surface area contributed by atoms with Crippen LogP contribution in [0, 0.1) is 17.8 Å². The van der Waals surface area contributed by atoms with Gasteiger partial charge >= 0.3 is 12.1 Å². The maximum Gasteiger partial charge on any atom is 0.397 e. The molecule has 1 saturated heterocycles. The van der Waals surface area contributed by atoms with Crippen LogP contribution >= 0.6 is 0 Å². The maximum atomic E-state index is 13.5. The van der Waals surface area contributed by atoms with Gasteiger partial charge < -0.3 is 10.0 Å². The normalized spacial score (nSPS) is 29.8. The summed E-state index contributed by atoms with van der Waals surface area (Å²) in [4.78, 5) is 17.0. The van der Waals surface area contributed by atoms with Crippen molar-refractivity contribution in [3.05, 3.63) is 24.2 Å². The highest BCUT2D eigenvalue weighted by Gasteiger charge is 2.86. The molecule has 0 spiro atoms. The van der Waals surface area contributed by atoms with E-state index in [1.54, 1.807) is 19.1 Å². The SMILES string of the molecule is Cc1c(N2CC3(C(=O)O)CC3(C(F)(F)F)C2)ccc2ncnn12. The average Bonchev–Trinajstić information content (AvgIpc) is 2.83. The fourth-order valence-electron chi connectivity index (χ4n) is 3.91. The highest BCUT2D eigenvalue weighted by molar-refractivity contribution is 5.83. The number of aliphatic carboxylic acids is 1. The first-order valence-corrected chi connectivity index (χ1v) is 7.06. The van der Waals surface area contributed by atoms with Gasteiger partial charge in [-0.2, -0.15) is 18.3 Å². The predicted molar refractivity (Wildman–Crippen MR) is 73.1 cm³/mol. The van der Waals surface area contributed by atoms with Crippen molar-refractivity contribution in [1.82, 2.24) is 14.6 Å². The molecule has 1 aliphatic carbocycles. The molecule has 2 aromatic rings. The number of carbonyl (C=O) groups is 1. The topological polar surface area (TPSA) is 70.7 Å². The largest absolute Gasteiger partial charge is 0.481 e. The Labute approximate surface area is 128 Å². The van der Waals surface area contributed by atoms with Gasteiger partial charge in [-0.25, -0.2) is 9.50 Å². The molecule has 1 N–H and O–H groups in total. The molecule has 1 aliphatic heterocycles. The Bertz CT molecular complexity index is 833. The van der Waals surface area contributed by atoms with Crippen LogP contribution in [0.15, 0.2) is 18.5 Å². The number of fused-ring (bicyclic) bond motifs is 2. The zero-order valence-electron chi connectivity index (χ0n) is 12.1. The summed E-state index contributed by atoms with van der Waals surface area (Å²) in [5.41, 5.74) is -2.11. The van der Waals surface area contributed by atoms with Crippen molar-refractivity contribution < 1.29 is 23.1 Å². The van der Waals surface area contributed by atoms with Crippen LogP contribution in [0.5, 0.6) is 0 Å². The van der Waals surface area contributed by atoms with Crippen LogP contribution in [0.1, 0.15) is 12.1 Å². The molecule has 3 heterocycles. The van der Waals surface area contributed by atoms with Crippen LogP contribution in [0.4, 0.5) is 18.9 Å². The van der Waals surface area contributed by atoms with Crippen LogP contribution in [-0.2, 0) is 4.79 Å². The second-order valence-corrected chi connectivity index (χ2v) is 6.33. The van der Waals surface area contributed by atoms with Crippen molar-refractivity contribution >= 4 is 17.3 Å². The Morgan fingerprint density at radius 2 is 2.09 bits per heavy atom. The summed E-state index contributed by atoms with van der Waals surface area (Å²) in [6, 6.07) is 3.33. The lowest BCUT2D eigenvalue weighted by molar-refractivity contribution is -0.194. The van der Waals surface area contributed by atoms with Crippen LogP contribution in [0.25, 0.3) is 5.65 Å². The monoisotopic (exact) mass is 326 g/mol. The molecule has 0 aromatic carbocycles. The minimum absolute atomic E-state index is 0.150. The van der Waals surface area contributed by atoms with E-state index in [1.165, 1.54) is 15.7 Å². The minimum Gasteiger partial charge on any atom is -0.481 e. The van der Waals surface area contributed by atoms with E-state index in [0.717, 1.165) is 0 Å². The van der Waals surface area contributed by atoms with E-state index in [9.17, 15) is 23.1 Å². The van der Waals surface area contributed by atoms with E-state index >= 15 is 0 Å². The van der Waals surface area contributed by atoms with Gasteiger partial charge in [-0.1, -0.05) is 0 Å². The number of piperidine rings is 1. The molecule has 122 valence electrons. The molecule has 23 heavy (non-hydrogen) atoms. The van der Waals surface area contributed by atoms with Crippen molar-refractivity contribution in [1.29, 1.82) is 0 Å². The van der Waals surface area contributed by atoms with Crippen molar-refractivity contribution in [3.63, 3.8) is 0 Å². The first-order valence-electron chi connectivity index (χ1n) is 7.06. The molecule has 2 unspecified atom stereocenters. The fraction of sp³-hybridized carbons (Fsp3) is 0.500. The van der Waals surface area contributed by atoms with Gasteiger partial charge in [0, 0.05) is 13.1 Å².